The van der Waals surface area contributed by atoms with E-state index >= 15 is 0 Å². The van der Waals surface area contributed by atoms with Gasteiger partial charge in [0.15, 0.2) is 0 Å². The Hall–Kier alpha value is -1.47. The smallest absolute Gasteiger partial charge is 0.270 e. The number of nitrogens with one attached hydrogen (secondary N) is 2. The number of halogens is 1. The molecule has 1 amide bonds. The topological polar surface area (TPSA) is 63.2 Å². The number of ether oxygens (including phenoxy) is 1. The van der Waals surface area contributed by atoms with Gasteiger partial charge in [-0.25, -0.2) is 4.98 Å². The Morgan fingerprint density at radius 3 is 2.75 bits per heavy atom. The SMILES string of the molecule is COCCNCCNC(=O)c1csc(-c2ccc(C)cc2C)n1.Cl. The van der Waals surface area contributed by atoms with Crippen molar-refractivity contribution in [3.63, 3.8) is 0 Å². The number of hydrogen-bond acceptors (Lipinski definition) is 5. The first-order valence-corrected chi connectivity index (χ1v) is 8.51. The van der Waals surface area contributed by atoms with Crippen molar-refractivity contribution >= 4 is 29.7 Å². The van der Waals surface area contributed by atoms with E-state index in [1.807, 2.05) is 5.38 Å². The monoisotopic (exact) mass is 369 g/mol. The van der Waals surface area contributed by atoms with Crippen LogP contribution in [0.2, 0.25) is 0 Å². The molecular weight excluding hydrogens is 346 g/mol. The lowest BCUT2D eigenvalue weighted by molar-refractivity contribution is 0.0949. The number of rotatable bonds is 8. The lowest BCUT2D eigenvalue weighted by Gasteiger charge is -2.05. The number of nitrogens with zero attached hydrogens (tertiary/aromatic N) is 1. The molecule has 0 unspecified atom stereocenters. The van der Waals surface area contributed by atoms with Crippen LogP contribution in [-0.4, -0.2) is 44.2 Å². The van der Waals surface area contributed by atoms with Crippen LogP contribution in [-0.2, 0) is 4.74 Å². The number of aryl methyl sites for hydroxylation is 2. The van der Waals surface area contributed by atoms with Gasteiger partial charge in [0.05, 0.1) is 6.61 Å². The fraction of sp³-hybridized carbons (Fsp3) is 0.412. The van der Waals surface area contributed by atoms with Crippen LogP contribution in [0.3, 0.4) is 0 Å². The van der Waals surface area contributed by atoms with Gasteiger partial charge in [-0.15, -0.1) is 23.7 Å². The molecule has 0 aliphatic rings. The molecule has 1 aromatic heterocycles. The Bertz CT molecular complexity index is 661. The molecule has 132 valence electrons. The number of carbonyl (C=O) groups is 1. The minimum atomic E-state index is -0.134. The zero-order chi connectivity index (χ0) is 16.7. The highest BCUT2D eigenvalue weighted by atomic mass is 35.5. The second kappa shape index (κ2) is 10.4. The Labute approximate surface area is 153 Å². The van der Waals surface area contributed by atoms with Crippen LogP contribution in [0.1, 0.15) is 21.6 Å². The molecule has 0 fully saturated rings. The van der Waals surface area contributed by atoms with Crippen LogP contribution < -0.4 is 10.6 Å². The first kappa shape index (κ1) is 20.6. The number of hydrogen-bond donors (Lipinski definition) is 2. The number of aromatic nitrogens is 1. The lowest BCUT2D eigenvalue weighted by atomic mass is 10.1. The summed E-state index contributed by atoms with van der Waals surface area (Å²) in [5.74, 6) is -0.134. The largest absolute Gasteiger partial charge is 0.383 e. The van der Waals surface area contributed by atoms with Crippen molar-refractivity contribution in [3.8, 4) is 10.6 Å². The Morgan fingerprint density at radius 2 is 2.04 bits per heavy atom. The van der Waals surface area contributed by atoms with Gasteiger partial charge in [-0.3, -0.25) is 4.79 Å². The first-order chi connectivity index (χ1) is 11.1. The minimum Gasteiger partial charge on any atom is -0.383 e. The predicted molar refractivity (Wildman–Crippen MR) is 101 cm³/mol. The van der Waals surface area contributed by atoms with E-state index in [0.717, 1.165) is 17.1 Å². The van der Waals surface area contributed by atoms with Crippen molar-refractivity contribution in [2.75, 3.05) is 33.4 Å². The fourth-order valence-corrected chi connectivity index (χ4v) is 3.10. The molecule has 7 heteroatoms. The van der Waals surface area contributed by atoms with Crippen LogP contribution in [0.5, 0.6) is 0 Å². The third-order valence-corrected chi connectivity index (χ3v) is 4.30. The molecule has 2 N–H and O–H groups in total. The quantitative estimate of drug-likeness (QED) is 0.702. The van der Waals surface area contributed by atoms with E-state index in [-0.39, 0.29) is 18.3 Å². The van der Waals surface area contributed by atoms with Gasteiger partial charge in [0.25, 0.3) is 5.91 Å². The highest BCUT2D eigenvalue weighted by Crippen LogP contribution is 2.27. The van der Waals surface area contributed by atoms with E-state index in [2.05, 4.69) is 47.7 Å². The van der Waals surface area contributed by atoms with Crippen molar-refractivity contribution in [1.82, 2.24) is 15.6 Å². The number of methoxy groups -OCH3 is 1. The van der Waals surface area contributed by atoms with Gasteiger partial charge in [-0.05, 0) is 19.4 Å². The second-order valence-electron chi connectivity index (χ2n) is 5.35. The van der Waals surface area contributed by atoms with E-state index in [0.29, 0.717) is 25.4 Å². The third-order valence-electron chi connectivity index (χ3n) is 3.42. The molecule has 0 saturated carbocycles. The number of benzene rings is 1. The highest BCUT2D eigenvalue weighted by molar-refractivity contribution is 7.13. The molecule has 1 aromatic carbocycles. The van der Waals surface area contributed by atoms with Crippen LogP contribution in [0.15, 0.2) is 23.6 Å². The summed E-state index contributed by atoms with van der Waals surface area (Å²) in [5, 5.41) is 8.73. The van der Waals surface area contributed by atoms with Gasteiger partial charge in [0.1, 0.15) is 10.7 Å². The summed E-state index contributed by atoms with van der Waals surface area (Å²) < 4.78 is 4.94. The Balaban J connectivity index is 0.00000288. The van der Waals surface area contributed by atoms with Crippen molar-refractivity contribution in [1.29, 1.82) is 0 Å². The molecular formula is C17H24ClN3O2S. The highest BCUT2D eigenvalue weighted by Gasteiger charge is 2.12. The van der Waals surface area contributed by atoms with E-state index < -0.39 is 0 Å². The normalized spacial score (nSPS) is 10.3. The number of amides is 1. The first-order valence-electron chi connectivity index (χ1n) is 7.63. The van der Waals surface area contributed by atoms with E-state index in [9.17, 15) is 4.79 Å². The summed E-state index contributed by atoms with van der Waals surface area (Å²) in [6, 6.07) is 6.25. The maximum absolute atomic E-state index is 12.1. The van der Waals surface area contributed by atoms with Gasteiger partial charge in [0, 0.05) is 37.7 Å². The minimum absolute atomic E-state index is 0. The maximum Gasteiger partial charge on any atom is 0.270 e. The van der Waals surface area contributed by atoms with E-state index in [1.54, 1.807) is 7.11 Å². The van der Waals surface area contributed by atoms with Crippen LogP contribution in [0, 0.1) is 13.8 Å². The third kappa shape index (κ3) is 5.87. The zero-order valence-corrected chi connectivity index (χ0v) is 15.9. The second-order valence-corrected chi connectivity index (χ2v) is 6.21. The summed E-state index contributed by atoms with van der Waals surface area (Å²) in [4.78, 5) is 16.6. The average molecular weight is 370 g/mol. The van der Waals surface area contributed by atoms with Crippen LogP contribution in [0.25, 0.3) is 10.6 Å². The van der Waals surface area contributed by atoms with Gasteiger partial charge in [0.2, 0.25) is 0 Å². The van der Waals surface area contributed by atoms with Crippen molar-refractivity contribution < 1.29 is 9.53 Å². The van der Waals surface area contributed by atoms with Crippen molar-refractivity contribution in [3.05, 3.63) is 40.4 Å². The molecule has 0 atom stereocenters. The Kier molecular flexibility index (Phi) is 8.92. The summed E-state index contributed by atoms with van der Waals surface area (Å²) >= 11 is 1.50. The summed E-state index contributed by atoms with van der Waals surface area (Å²) in [7, 11) is 1.67. The molecule has 0 aliphatic carbocycles. The summed E-state index contributed by atoms with van der Waals surface area (Å²) in [6.07, 6.45) is 0. The molecule has 0 aliphatic heterocycles. The summed E-state index contributed by atoms with van der Waals surface area (Å²) in [6.45, 7) is 6.86. The van der Waals surface area contributed by atoms with Crippen molar-refractivity contribution in [2.24, 2.45) is 0 Å². The maximum atomic E-state index is 12.1. The van der Waals surface area contributed by atoms with Gasteiger partial charge in [-0.1, -0.05) is 23.8 Å². The van der Waals surface area contributed by atoms with Gasteiger partial charge >= 0.3 is 0 Å². The molecule has 2 aromatic rings. The van der Waals surface area contributed by atoms with Gasteiger partial charge < -0.3 is 15.4 Å². The summed E-state index contributed by atoms with van der Waals surface area (Å²) in [5.41, 5.74) is 3.96. The molecule has 0 radical (unpaired) electrons. The predicted octanol–water partition coefficient (Wildman–Crippen LogP) is 2.81. The molecule has 0 saturated heterocycles. The number of carbonyl (C=O) groups excluding carboxylic acids is 1. The van der Waals surface area contributed by atoms with Crippen LogP contribution in [0.4, 0.5) is 0 Å². The van der Waals surface area contributed by atoms with E-state index in [4.69, 9.17) is 4.74 Å². The average Bonchev–Trinajstić information content (AvgIpc) is 3.00. The lowest BCUT2D eigenvalue weighted by Crippen LogP contribution is -2.33. The molecule has 1 heterocycles. The van der Waals surface area contributed by atoms with Crippen molar-refractivity contribution in [2.45, 2.75) is 13.8 Å². The standard InChI is InChI=1S/C17H23N3O2S.ClH/c1-12-4-5-14(13(2)10-12)17-20-15(11-23-17)16(21)19-7-6-18-8-9-22-3;/h4-5,10-11,18H,6-9H2,1-3H3,(H,19,21);1H. The molecule has 0 spiro atoms. The van der Waals surface area contributed by atoms with Crippen LogP contribution >= 0.6 is 23.7 Å². The number of thiazole rings is 1. The molecule has 24 heavy (non-hydrogen) atoms. The van der Waals surface area contributed by atoms with Gasteiger partial charge in [-0.2, -0.15) is 0 Å². The molecule has 5 nitrogen and oxygen atoms in total. The zero-order valence-electron chi connectivity index (χ0n) is 14.2. The van der Waals surface area contributed by atoms with E-state index in [1.165, 1.54) is 22.5 Å². The molecule has 2 rings (SSSR count). The fourth-order valence-electron chi connectivity index (χ4n) is 2.21. The Morgan fingerprint density at radius 1 is 1.25 bits per heavy atom. The molecule has 0 bridgehead atoms.